The van der Waals surface area contributed by atoms with Crippen LogP contribution < -0.4 is 0 Å². The number of hydrogen-bond acceptors (Lipinski definition) is 10. The second kappa shape index (κ2) is 18.7. The Morgan fingerprint density at radius 1 is 0.276 bits per heavy atom. The van der Waals surface area contributed by atoms with E-state index in [1.54, 1.807) is 0 Å². The first kappa shape index (κ1) is 44.5. The van der Waals surface area contributed by atoms with E-state index in [2.05, 4.69) is 26.2 Å². The molecular weight excluding hydrogens is 865 g/mol. The van der Waals surface area contributed by atoms with E-state index < -0.39 is 70.9 Å². The Hall–Kier alpha value is 1.34. The van der Waals surface area contributed by atoms with Gasteiger partial charge in [-0.15, -0.1) is 0 Å². The summed E-state index contributed by atoms with van der Waals surface area (Å²) in [5.74, 6) is 0. The Morgan fingerprint density at radius 3 is 0.655 bits per heavy atom. The lowest BCUT2D eigenvalue weighted by Gasteiger charge is -2.65. The van der Waals surface area contributed by atoms with E-state index in [-0.39, 0.29) is 33.2 Å². The van der Waals surface area contributed by atoms with Crippen molar-refractivity contribution in [3.8, 4) is 0 Å². The maximum Gasteiger partial charge on any atom is 0.482 e. The fraction of sp³-hybridized carbons (Fsp3) is 1.00. The van der Waals surface area contributed by atoms with Crippen molar-refractivity contribution in [2.24, 2.45) is 0 Å². The SMILES string of the molecule is C[Si](C)O[Si]1(C2CCCCC2)O[Si]2(C3CCCCC3)O[Si]3(C4CCCCC4)O[Si](O[Si](C)C)(C4CCCCC4)O[Si](C4CCCCC4)(O2)O[Si](C2CCCCC2)(O1)O3. The van der Waals surface area contributed by atoms with Gasteiger partial charge in [-0.05, 0) is 103 Å². The first-order valence-electron chi connectivity index (χ1n) is 24.7. The number of fused-ring (bicyclic) bond motifs is 4. The highest BCUT2D eigenvalue weighted by Gasteiger charge is 2.84. The quantitative estimate of drug-likeness (QED) is 0.197. The Bertz CT molecular complexity index is 1170. The minimum Gasteiger partial charge on any atom is -0.416 e. The van der Waals surface area contributed by atoms with Crippen LogP contribution in [-0.2, 0) is 41.2 Å². The van der Waals surface area contributed by atoms with Crippen LogP contribution in [-0.4, -0.2) is 70.9 Å². The second-order valence-corrected chi connectivity index (χ2v) is 44.4. The molecule has 0 unspecified atom stereocenters. The van der Waals surface area contributed by atoms with Crippen LogP contribution in [0, 0.1) is 0 Å². The molecule has 10 nitrogen and oxygen atoms in total. The summed E-state index contributed by atoms with van der Waals surface area (Å²) in [6.45, 7) is 9.13. The maximum absolute atomic E-state index is 8.52. The largest absolute Gasteiger partial charge is 0.482 e. The molecule has 0 N–H and O–H groups in total. The first-order valence-corrected chi connectivity index (χ1v) is 40.3. The lowest BCUT2D eigenvalue weighted by atomic mass is 10.0. The van der Waals surface area contributed by atoms with Gasteiger partial charge in [0.2, 0.25) is 0 Å². The van der Waals surface area contributed by atoms with Crippen LogP contribution in [0.2, 0.25) is 59.4 Å². The highest BCUT2D eigenvalue weighted by atomic mass is 28.6. The van der Waals surface area contributed by atoms with Crippen molar-refractivity contribution in [2.45, 2.75) is 252 Å². The fourth-order valence-corrected chi connectivity index (χ4v) is 58.5. The summed E-state index contributed by atoms with van der Waals surface area (Å²) < 4.78 is 82.8. The van der Waals surface area contributed by atoms with Crippen LogP contribution in [0.1, 0.15) is 193 Å². The average Bonchev–Trinajstić information content (AvgIpc) is 3.23. The lowest BCUT2D eigenvalue weighted by molar-refractivity contribution is -0.0235. The van der Waals surface area contributed by atoms with Gasteiger partial charge in [-0.25, -0.2) is 0 Å². The maximum atomic E-state index is 8.52. The van der Waals surface area contributed by atoms with Gasteiger partial charge in [0.25, 0.3) is 0 Å². The van der Waals surface area contributed by atoms with Crippen LogP contribution in [0.3, 0.4) is 0 Å². The van der Waals surface area contributed by atoms with Gasteiger partial charge in [-0.3, -0.25) is 0 Å². The lowest BCUT2D eigenvalue weighted by Crippen LogP contribution is -2.87. The summed E-state index contributed by atoms with van der Waals surface area (Å²) in [5.41, 5.74) is 0.913. The zero-order valence-electron chi connectivity index (χ0n) is 36.8. The zero-order chi connectivity index (χ0) is 39.9. The molecule has 0 atom stereocenters. The fourth-order valence-electron chi connectivity index (χ4n) is 12.8. The van der Waals surface area contributed by atoms with Gasteiger partial charge in [0.15, 0.2) is 18.1 Å². The van der Waals surface area contributed by atoms with Crippen molar-refractivity contribution in [1.29, 1.82) is 0 Å². The second-order valence-electron chi connectivity index (χ2n) is 20.5. The topological polar surface area (TPSA) is 92.3 Å². The van der Waals surface area contributed by atoms with Crippen molar-refractivity contribution in [3.63, 3.8) is 0 Å². The monoisotopic (exact) mass is 942 g/mol. The third-order valence-electron chi connectivity index (χ3n) is 15.6. The van der Waals surface area contributed by atoms with Crippen LogP contribution in [0.5, 0.6) is 0 Å². The molecular formula is C40H78O10Si8. The summed E-state index contributed by atoms with van der Waals surface area (Å²) >= 11 is 0. The molecule has 5 saturated heterocycles. The standard InChI is InChI=1S/C40H78O10Si8/c1-51(2)41-53(35-23-11-5-12-24-35)43-55(37-27-15-7-16-28-37)47-57(39-31-19-9-20-32-39)45-54(42-52(3)4,36-25-13-6-14-26-36)46-58(48-55,40-33-21-10-22-34-40)50-56(44-53,49-57)38-29-17-8-18-30-38/h35-40H,5-34H2,1-4H3. The molecule has 11 rings (SSSR count). The third kappa shape index (κ3) is 8.86. The van der Waals surface area contributed by atoms with Crippen LogP contribution in [0.15, 0.2) is 0 Å². The molecule has 0 aromatic carbocycles. The third-order valence-corrected chi connectivity index (χ3v) is 48.8. The van der Waals surface area contributed by atoms with E-state index in [4.69, 9.17) is 41.2 Å². The summed E-state index contributed by atoms with van der Waals surface area (Å²) in [5, 5.41) is 0. The predicted octanol–water partition coefficient (Wildman–Crippen LogP) is 12.3. The van der Waals surface area contributed by atoms with Crippen molar-refractivity contribution in [2.75, 3.05) is 0 Å². The summed E-state index contributed by atoms with van der Waals surface area (Å²) in [4.78, 5) is 0. The summed E-state index contributed by atoms with van der Waals surface area (Å²) in [6, 6.07) is 0. The predicted molar refractivity (Wildman–Crippen MR) is 241 cm³/mol. The highest BCUT2D eigenvalue weighted by molar-refractivity contribution is 7.01. The molecule has 11 fully saturated rings. The Balaban J connectivity index is 1.33. The molecule has 5 heterocycles. The van der Waals surface area contributed by atoms with Crippen LogP contribution >= 0.6 is 0 Å². The molecule has 6 saturated carbocycles. The number of rotatable bonds is 10. The van der Waals surface area contributed by atoms with Gasteiger partial charge in [0.05, 0.1) is 0 Å². The molecule has 2 radical (unpaired) electrons. The molecule has 58 heavy (non-hydrogen) atoms. The van der Waals surface area contributed by atoms with Gasteiger partial charge in [0.1, 0.15) is 0 Å². The smallest absolute Gasteiger partial charge is 0.416 e. The van der Waals surface area contributed by atoms with Gasteiger partial charge in [-0.1, -0.05) is 116 Å². The number of hydrogen-bond donors (Lipinski definition) is 0. The summed E-state index contributed by atoms with van der Waals surface area (Å²) in [7, 11) is -24.9. The Labute approximate surface area is 362 Å². The summed E-state index contributed by atoms with van der Waals surface area (Å²) in [6.07, 6.45) is 34.0. The van der Waals surface area contributed by atoms with E-state index in [1.807, 2.05) is 0 Å². The van der Waals surface area contributed by atoms with Gasteiger partial charge in [-0.2, -0.15) is 0 Å². The molecule has 4 bridgehead atoms. The Kier molecular flexibility index (Phi) is 14.3. The van der Waals surface area contributed by atoms with E-state index in [0.29, 0.717) is 0 Å². The van der Waals surface area contributed by atoms with Gasteiger partial charge >= 0.3 is 52.8 Å². The normalized spacial score (nSPS) is 42.7. The molecule has 0 spiro atoms. The van der Waals surface area contributed by atoms with Crippen LogP contribution in [0.4, 0.5) is 0 Å². The molecule has 11 aliphatic rings. The Morgan fingerprint density at radius 2 is 0.466 bits per heavy atom. The molecule has 0 amide bonds. The molecule has 0 aromatic heterocycles. The van der Waals surface area contributed by atoms with E-state index in [1.165, 1.54) is 64.2 Å². The average molecular weight is 944 g/mol. The minimum absolute atomic E-state index is 0.127. The zero-order valence-corrected chi connectivity index (χ0v) is 44.8. The molecule has 6 aliphatic carbocycles. The first-order chi connectivity index (χ1) is 28.1. The van der Waals surface area contributed by atoms with Crippen molar-refractivity contribution < 1.29 is 41.2 Å². The van der Waals surface area contributed by atoms with Gasteiger partial charge in [0, 0.05) is 33.2 Å². The minimum atomic E-state index is -3.81. The molecule has 0 aromatic rings. The van der Waals surface area contributed by atoms with Crippen molar-refractivity contribution in [3.05, 3.63) is 0 Å². The molecule has 18 heteroatoms. The van der Waals surface area contributed by atoms with Crippen molar-refractivity contribution >= 4 is 70.9 Å². The molecule has 5 aliphatic heterocycles. The van der Waals surface area contributed by atoms with E-state index in [9.17, 15) is 0 Å². The van der Waals surface area contributed by atoms with Gasteiger partial charge < -0.3 is 41.2 Å². The van der Waals surface area contributed by atoms with E-state index >= 15 is 0 Å². The van der Waals surface area contributed by atoms with E-state index in [0.717, 1.165) is 128 Å². The van der Waals surface area contributed by atoms with Crippen LogP contribution in [0.25, 0.3) is 0 Å². The van der Waals surface area contributed by atoms with Crippen molar-refractivity contribution in [1.82, 2.24) is 0 Å². The molecule has 330 valence electrons. The highest BCUT2D eigenvalue weighted by Crippen LogP contribution is 2.62.